The molecule has 5 heteroatoms. The monoisotopic (exact) mass is 361 g/mol. The highest BCUT2D eigenvalue weighted by atomic mass is 32.2. The van der Waals surface area contributed by atoms with E-state index in [9.17, 15) is 0 Å². The summed E-state index contributed by atoms with van der Waals surface area (Å²) in [6.45, 7) is 4.13. The maximum absolute atomic E-state index is 5.48. The molecule has 1 atom stereocenters. The van der Waals surface area contributed by atoms with Crippen LogP contribution in [0.15, 0.2) is 82.6 Å². The second kappa shape index (κ2) is 7.22. The molecule has 26 heavy (non-hydrogen) atoms. The number of benzene rings is 2. The molecule has 0 radical (unpaired) electrons. The molecule has 0 fully saturated rings. The maximum atomic E-state index is 5.48. The van der Waals surface area contributed by atoms with Crippen LogP contribution in [0.3, 0.4) is 0 Å². The van der Waals surface area contributed by atoms with E-state index in [0.717, 1.165) is 28.0 Å². The zero-order valence-corrected chi connectivity index (χ0v) is 15.5. The first-order valence-electron chi connectivity index (χ1n) is 8.51. The van der Waals surface area contributed by atoms with Crippen LogP contribution in [0.2, 0.25) is 0 Å². The van der Waals surface area contributed by atoms with Gasteiger partial charge in [-0.25, -0.2) is 0 Å². The zero-order chi connectivity index (χ0) is 17.9. The number of aromatic nitrogens is 3. The summed E-state index contributed by atoms with van der Waals surface area (Å²) in [5.74, 6) is 1.63. The average molecular weight is 361 g/mol. The van der Waals surface area contributed by atoms with Crippen LogP contribution in [-0.2, 0) is 0 Å². The van der Waals surface area contributed by atoms with Gasteiger partial charge in [0.1, 0.15) is 5.76 Å². The molecule has 0 amide bonds. The highest BCUT2D eigenvalue weighted by molar-refractivity contribution is 7.99. The van der Waals surface area contributed by atoms with Crippen LogP contribution in [-0.4, -0.2) is 14.8 Å². The Hall–Kier alpha value is -2.79. The molecule has 2 aromatic carbocycles. The number of nitrogens with zero attached hydrogens (tertiary/aromatic N) is 3. The molecule has 0 bridgehead atoms. The third kappa shape index (κ3) is 3.18. The van der Waals surface area contributed by atoms with E-state index in [4.69, 9.17) is 4.42 Å². The molecule has 0 unspecified atom stereocenters. The van der Waals surface area contributed by atoms with Gasteiger partial charge in [-0.1, -0.05) is 60.3 Å². The van der Waals surface area contributed by atoms with E-state index >= 15 is 0 Å². The van der Waals surface area contributed by atoms with Gasteiger partial charge in [-0.05, 0) is 37.6 Å². The number of furan rings is 1. The third-order valence-corrected chi connectivity index (χ3v) is 5.40. The van der Waals surface area contributed by atoms with Crippen molar-refractivity contribution in [2.45, 2.75) is 24.3 Å². The van der Waals surface area contributed by atoms with Crippen molar-refractivity contribution < 1.29 is 4.42 Å². The van der Waals surface area contributed by atoms with Crippen molar-refractivity contribution >= 4 is 11.8 Å². The molecule has 0 aliphatic rings. The fraction of sp³-hybridized carbons (Fsp3) is 0.143. The second-order valence-corrected chi connectivity index (χ2v) is 7.35. The van der Waals surface area contributed by atoms with Crippen LogP contribution < -0.4 is 0 Å². The van der Waals surface area contributed by atoms with E-state index in [1.807, 2.05) is 37.3 Å². The van der Waals surface area contributed by atoms with Gasteiger partial charge in [0, 0.05) is 10.9 Å². The Morgan fingerprint density at radius 1 is 0.923 bits per heavy atom. The molecule has 0 spiro atoms. The Labute approximate surface area is 156 Å². The number of hydrogen-bond acceptors (Lipinski definition) is 4. The fourth-order valence-corrected chi connectivity index (χ4v) is 3.89. The van der Waals surface area contributed by atoms with E-state index in [-0.39, 0.29) is 5.25 Å². The highest BCUT2D eigenvalue weighted by Gasteiger charge is 2.20. The van der Waals surface area contributed by atoms with Gasteiger partial charge in [-0.3, -0.25) is 4.57 Å². The first-order chi connectivity index (χ1) is 12.7. The molecular weight excluding hydrogens is 342 g/mol. The average Bonchev–Trinajstić information content (AvgIpc) is 3.29. The Morgan fingerprint density at radius 3 is 2.27 bits per heavy atom. The standard InChI is InChI=1S/C21H19N3OS/c1-15-19(13-14-25-15)20-22-23-21(24(20)18-11-7-4-8-12-18)26-16(2)17-9-5-3-6-10-17/h3-14,16H,1-2H3/t16-/m0/s1. The number of rotatable bonds is 5. The predicted octanol–water partition coefficient (Wildman–Crippen LogP) is 5.69. The summed E-state index contributed by atoms with van der Waals surface area (Å²) in [4.78, 5) is 0. The first-order valence-corrected chi connectivity index (χ1v) is 9.39. The number of para-hydroxylation sites is 1. The van der Waals surface area contributed by atoms with Crippen molar-refractivity contribution in [1.82, 2.24) is 14.8 Å². The van der Waals surface area contributed by atoms with Gasteiger partial charge in [-0.2, -0.15) is 0 Å². The fourth-order valence-electron chi connectivity index (χ4n) is 2.90. The minimum Gasteiger partial charge on any atom is -0.469 e. The summed E-state index contributed by atoms with van der Waals surface area (Å²) in [5, 5.41) is 10.1. The molecule has 0 N–H and O–H groups in total. The summed E-state index contributed by atoms with van der Waals surface area (Å²) in [6.07, 6.45) is 1.69. The van der Waals surface area contributed by atoms with Crippen LogP contribution in [0.1, 0.15) is 23.5 Å². The zero-order valence-electron chi connectivity index (χ0n) is 14.7. The van der Waals surface area contributed by atoms with Crippen molar-refractivity contribution in [3.05, 3.63) is 84.3 Å². The van der Waals surface area contributed by atoms with Crippen LogP contribution in [0.5, 0.6) is 0 Å². The number of aryl methyl sites for hydroxylation is 1. The van der Waals surface area contributed by atoms with Crippen molar-refractivity contribution in [1.29, 1.82) is 0 Å². The molecule has 2 aromatic heterocycles. The van der Waals surface area contributed by atoms with Crippen molar-refractivity contribution in [2.75, 3.05) is 0 Å². The molecule has 4 rings (SSSR count). The summed E-state index contributed by atoms with van der Waals surface area (Å²) >= 11 is 1.70. The normalized spacial score (nSPS) is 12.2. The Morgan fingerprint density at radius 2 is 1.62 bits per heavy atom. The van der Waals surface area contributed by atoms with E-state index in [1.165, 1.54) is 5.56 Å². The lowest BCUT2D eigenvalue weighted by molar-refractivity contribution is 0.535. The molecule has 0 aliphatic heterocycles. The van der Waals surface area contributed by atoms with Gasteiger partial charge in [0.05, 0.1) is 11.8 Å². The van der Waals surface area contributed by atoms with E-state index in [2.05, 4.69) is 58.1 Å². The lowest BCUT2D eigenvalue weighted by Crippen LogP contribution is -2.00. The van der Waals surface area contributed by atoms with Gasteiger partial charge in [-0.15, -0.1) is 10.2 Å². The molecule has 4 nitrogen and oxygen atoms in total. The van der Waals surface area contributed by atoms with Gasteiger partial charge >= 0.3 is 0 Å². The van der Waals surface area contributed by atoms with Crippen LogP contribution in [0.25, 0.3) is 17.1 Å². The lowest BCUT2D eigenvalue weighted by atomic mass is 10.2. The Balaban J connectivity index is 1.78. The molecule has 0 saturated carbocycles. The van der Waals surface area contributed by atoms with Crippen molar-refractivity contribution in [3.63, 3.8) is 0 Å². The summed E-state index contributed by atoms with van der Waals surface area (Å²) in [5.41, 5.74) is 3.26. The summed E-state index contributed by atoms with van der Waals surface area (Å²) in [7, 11) is 0. The summed E-state index contributed by atoms with van der Waals surface area (Å²) in [6, 6.07) is 22.6. The second-order valence-electron chi connectivity index (χ2n) is 6.04. The lowest BCUT2D eigenvalue weighted by Gasteiger charge is -2.13. The largest absolute Gasteiger partial charge is 0.469 e. The smallest absolute Gasteiger partial charge is 0.196 e. The third-order valence-electron chi connectivity index (χ3n) is 4.30. The van der Waals surface area contributed by atoms with E-state index < -0.39 is 0 Å². The minimum absolute atomic E-state index is 0.265. The summed E-state index contributed by atoms with van der Waals surface area (Å²) < 4.78 is 7.58. The molecule has 2 heterocycles. The van der Waals surface area contributed by atoms with Crippen molar-refractivity contribution in [2.24, 2.45) is 0 Å². The van der Waals surface area contributed by atoms with Crippen LogP contribution in [0.4, 0.5) is 0 Å². The topological polar surface area (TPSA) is 43.9 Å². The number of thioether (sulfide) groups is 1. The molecule has 130 valence electrons. The molecule has 0 aliphatic carbocycles. The maximum Gasteiger partial charge on any atom is 0.196 e. The van der Waals surface area contributed by atoms with E-state index in [0.29, 0.717) is 0 Å². The first kappa shape index (κ1) is 16.7. The van der Waals surface area contributed by atoms with Gasteiger partial charge in [0.2, 0.25) is 0 Å². The minimum atomic E-state index is 0.265. The van der Waals surface area contributed by atoms with Crippen molar-refractivity contribution in [3.8, 4) is 17.1 Å². The van der Waals surface area contributed by atoms with Crippen LogP contribution in [0, 0.1) is 6.92 Å². The SMILES string of the molecule is Cc1occc1-c1nnc(S[C@@H](C)c2ccccc2)n1-c1ccccc1. The molecular formula is C21H19N3OS. The van der Waals surface area contributed by atoms with E-state index in [1.54, 1.807) is 18.0 Å². The predicted molar refractivity (Wildman–Crippen MR) is 105 cm³/mol. The van der Waals surface area contributed by atoms with Gasteiger partial charge < -0.3 is 4.42 Å². The van der Waals surface area contributed by atoms with Crippen LogP contribution >= 0.6 is 11.8 Å². The Kier molecular flexibility index (Phi) is 4.63. The quantitative estimate of drug-likeness (QED) is 0.428. The van der Waals surface area contributed by atoms with Gasteiger partial charge in [0.15, 0.2) is 11.0 Å². The number of hydrogen-bond donors (Lipinski definition) is 0. The van der Waals surface area contributed by atoms with Gasteiger partial charge in [0.25, 0.3) is 0 Å². The molecule has 4 aromatic rings. The molecule has 0 saturated heterocycles. The highest BCUT2D eigenvalue weighted by Crippen LogP contribution is 2.37. The Bertz CT molecular complexity index is 993.